The molecule has 1 aliphatic rings. The number of piperazine rings is 1. The molecular weight excluding hydrogens is 316 g/mol. The minimum Gasteiger partial charge on any atom is -0.445 e. The van der Waals surface area contributed by atoms with Crippen LogP contribution in [0.4, 0.5) is 0 Å². The normalized spacial score (nSPS) is 18.4. The maximum Gasteiger partial charge on any atom is 0.307 e. The standard InChI is InChI=1S/C20H40N2O3/c1-2-3-4-5-6-7-8-9-10-11-12-13-20(24)25-19-18-21-14-15-22(19)16-17-23/h19,21,23H,2-18H2,1H3. The van der Waals surface area contributed by atoms with E-state index in [9.17, 15) is 4.79 Å². The van der Waals surface area contributed by atoms with Crippen molar-refractivity contribution in [3.8, 4) is 0 Å². The lowest BCUT2D eigenvalue weighted by atomic mass is 10.1. The highest BCUT2D eigenvalue weighted by molar-refractivity contribution is 5.69. The summed E-state index contributed by atoms with van der Waals surface area (Å²) in [5.41, 5.74) is 0. The molecule has 1 unspecified atom stereocenters. The molecule has 0 spiro atoms. The van der Waals surface area contributed by atoms with Gasteiger partial charge in [-0.2, -0.15) is 0 Å². The first-order valence-corrected chi connectivity index (χ1v) is 10.5. The third-order valence-corrected chi connectivity index (χ3v) is 4.94. The zero-order valence-corrected chi connectivity index (χ0v) is 16.3. The van der Waals surface area contributed by atoms with Crippen molar-refractivity contribution < 1.29 is 14.6 Å². The Balaban J connectivity index is 1.94. The van der Waals surface area contributed by atoms with Gasteiger partial charge in [0.05, 0.1) is 6.61 Å². The molecule has 0 radical (unpaired) electrons. The first kappa shape index (κ1) is 22.4. The molecule has 0 saturated carbocycles. The topological polar surface area (TPSA) is 61.8 Å². The Hall–Kier alpha value is -0.650. The number of nitrogens with zero attached hydrogens (tertiary/aromatic N) is 1. The van der Waals surface area contributed by atoms with Gasteiger partial charge in [-0.1, -0.05) is 71.1 Å². The highest BCUT2D eigenvalue weighted by Crippen LogP contribution is 2.13. The smallest absolute Gasteiger partial charge is 0.307 e. The van der Waals surface area contributed by atoms with Crippen LogP contribution in [0.25, 0.3) is 0 Å². The maximum atomic E-state index is 12.0. The summed E-state index contributed by atoms with van der Waals surface area (Å²) in [6, 6.07) is 0. The summed E-state index contributed by atoms with van der Waals surface area (Å²) in [6.07, 6.45) is 14.4. The SMILES string of the molecule is CCCCCCCCCCCCCC(=O)OC1CNCCN1CCO. The lowest BCUT2D eigenvalue weighted by Crippen LogP contribution is -2.53. The zero-order valence-electron chi connectivity index (χ0n) is 16.3. The van der Waals surface area contributed by atoms with Crippen LogP contribution in [0.15, 0.2) is 0 Å². The number of carbonyl (C=O) groups excluding carboxylic acids is 1. The minimum atomic E-state index is -0.221. The van der Waals surface area contributed by atoms with Gasteiger partial charge in [-0.15, -0.1) is 0 Å². The van der Waals surface area contributed by atoms with Crippen LogP contribution in [-0.4, -0.2) is 55.0 Å². The second kappa shape index (κ2) is 15.6. The molecule has 1 rings (SSSR count). The van der Waals surface area contributed by atoms with Gasteiger partial charge in [0.15, 0.2) is 6.23 Å². The predicted octanol–water partition coefficient (Wildman–Crippen LogP) is 3.45. The first-order chi connectivity index (χ1) is 12.3. The van der Waals surface area contributed by atoms with E-state index in [1.165, 1.54) is 57.8 Å². The number of hydrogen-bond acceptors (Lipinski definition) is 5. The van der Waals surface area contributed by atoms with Crippen molar-refractivity contribution in [2.24, 2.45) is 0 Å². The van der Waals surface area contributed by atoms with E-state index in [2.05, 4.69) is 12.2 Å². The van der Waals surface area contributed by atoms with Crippen molar-refractivity contribution in [3.63, 3.8) is 0 Å². The van der Waals surface area contributed by atoms with Crippen LogP contribution < -0.4 is 5.32 Å². The van der Waals surface area contributed by atoms with Gasteiger partial charge in [0, 0.05) is 32.6 Å². The second-order valence-electron chi connectivity index (χ2n) is 7.19. The Kier molecular flexibility index (Phi) is 14.0. The monoisotopic (exact) mass is 356 g/mol. The van der Waals surface area contributed by atoms with Gasteiger partial charge in [0.25, 0.3) is 0 Å². The van der Waals surface area contributed by atoms with Gasteiger partial charge >= 0.3 is 5.97 Å². The average Bonchev–Trinajstić information content (AvgIpc) is 2.61. The molecule has 25 heavy (non-hydrogen) atoms. The van der Waals surface area contributed by atoms with Gasteiger partial charge in [0.1, 0.15) is 0 Å². The number of rotatable bonds is 15. The Morgan fingerprint density at radius 3 is 2.24 bits per heavy atom. The molecule has 0 aromatic heterocycles. The van der Waals surface area contributed by atoms with Gasteiger partial charge in [0.2, 0.25) is 0 Å². The summed E-state index contributed by atoms with van der Waals surface area (Å²) in [5, 5.41) is 12.3. The van der Waals surface area contributed by atoms with E-state index in [1.54, 1.807) is 0 Å². The number of ether oxygens (including phenoxy) is 1. The predicted molar refractivity (Wildman–Crippen MR) is 102 cm³/mol. The third-order valence-electron chi connectivity index (χ3n) is 4.94. The van der Waals surface area contributed by atoms with Gasteiger partial charge < -0.3 is 15.2 Å². The van der Waals surface area contributed by atoms with Crippen LogP contribution in [-0.2, 0) is 9.53 Å². The fraction of sp³-hybridized carbons (Fsp3) is 0.950. The molecule has 1 aliphatic heterocycles. The molecule has 0 aromatic rings. The molecule has 1 heterocycles. The summed E-state index contributed by atoms with van der Waals surface area (Å²) in [5.74, 6) is -0.104. The largest absolute Gasteiger partial charge is 0.445 e. The number of unbranched alkanes of at least 4 members (excludes halogenated alkanes) is 10. The molecule has 5 heteroatoms. The van der Waals surface area contributed by atoms with Gasteiger partial charge in [-0.3, -0.25) is 9.69 Å². The van der Waals surface area contributed by atoms with E-state index in [0.717, 1.165) is 25.9 Å². The van der Waals surface area contributed by atoms with Crippen molar-refractivity contribution >= 4 is 5.97 Å². The summed E-state index contributed by atoms with van der Waals surface area (Å²) in [4.78, 5) is 14.0. The molecule has 0 amide bonds. The summed E-state index contributed by atoms with van der Waals surface area (Å²) in [7, 11) is 0. The van der Waals surface area contributed by atoms with Crippen LogP contribution in [0.5, 0.6) is 0 Å². The summed E-state index contributed by atoms with van der Waals surface area (Å²) in [6.45, 7) is 5.28. The van der Waals surface area contributed by atoms with E-state index < -0.39 is 0 Å². The molecule has 5 nitrogen and oxygen atoms in total. The van der Waals surface area contributed by atoms with E-state index in [-0.39, 0.29) is 18.8 Å². The van der Waals surface area contributed by atoms with Crippen LogP contribution in [0.2, 0.25) is 0 Å². The third kappa shape index (κ3) is 11.6. The fourth-order valence-corrected chi connectivity index (χ4v) is 3.37. The van der Waals surface area contributed by atoms with Gasteiger partial charge in [-0.25, -0.2) is 0 Å². The molecule has 1 saturated heterocycles. The van der Waals surface area contributed by atoms with E-state index in [1.807, 2.05) is 4.90 Å². The lowest BCUT2D eigenvalue weighted by Gasteiger charge is -2.34. The molecule has 148 valence electrons. The highest BCUT2D eigenvalue weighted by Gasteiger charge is 2.24. The number of aliphatic hydroxyl groups is 1. The Morgan fingerprint density at radius 2 is 1.64 bits per heavy atom. The van der Waals surface area contributed by atoms with Gasteiger partial charge in [-0.05, 0) is 6.42 Å². The molecule has 0 aliphatic carbocycles. The number of esters is 1. The Labute approximate surface area is 154 Å². The van der Waals surface area contributed by atoms with Crippen LogP contribution >= 0.6 is 0 Å². The quantitative estimate of drug-likeness (QED) is 0.348. The molecule has 0 aromatic carbocycles. The van der Waals surface area contributed by atoms with Crippen molar-refractivity contribution in [1.29, 1.82) is 0 Å². The van der Waals surface area contributed by atoms with E-state index in [0.29, 0.717) is 19.5 Å². The summed E-state index contributed by atoms with van der Waals surface area (Å²) < 4.78 is 5.56. The highest BCUT2D eigenvalue weighted by atomic mass is 16.6. The Bertz CT molecular complexity index is 324. The molecule has 0 bridgehead atoms. The number of nitrogens with one attached hydrogen (secondary N) is 1. The van der Waals surface area contributed by atoms with E-state index >= 15 is 0 Å². The molecule has 2 N–H and O–H groups in total. The van der Waals surface area contributed by atoms with Crippen LogP contribution in [0.3, 0.4) is 0 Å². The average molecular weight is 357 g/mol. The first-order valence-electron chi connectivity index (χ1n) is 10.5. The zero-order chi connectivity index (χ0) is 18.2. The van der Waals surface area contributed by atoms with Crippen molar-refractivity contribution in [2.75, 3.05) is 32.8 Å². The summed E-state index contributed by atoms with van der Waals surface area (Å²) >= 11 is 0. The lowest BCUT2D eigenvalue weighted by molar-refractivity contribution is -0.161. The number of hydrogen-bond donors (Lipinski definition) is 2. The van der Waals surface area contributed by atoms with E-state index in [4.69, 9.17) is 9.84 Å². The number of aliphatic hydroxyl groups excluding tert-OH is 1. The van der Waals surface area contributed by atoms with Crippen LogP contribution in [0, 0.1) is 0 Å². The Morgan fingerprint density at radius 1 is 1.04 bits per heavy atom. The number of carbonyl (C=O) groups is 1. The molecular formula is C20H40N2O3. The van der Waals surface area contributed by atoms with Crippen molar-refractivity contribution in [2.45, 2.75) is 90.2 Å². The fourth-order valence-electron chi connectivity index (χ4n) is 3.37. The molecule has 1 fully saturated rings. The van der Waals surface area contributed by atoms with Crippen molar-refractivity contribution in [1.82, 2.24) is 10.2 Å². The minimum absolute atomic E-state index is 0.104. The van der Waals surface area contributed by atoms with Crippen LogP contribution in [0.1, 0.15) is 84.0 Å². The maximum absolute atomic E-state index is 12.0. The van der Waals surface area contributed by atoms with Crippen molar-refractivity contribution in [3.05, 3.63) is 0 Å². The number of β-amino-alcohol motifs (C(OH)–C–C–N with tert-alkyl or cyclic N) is 1. The molecule has 1 atom stereocenters. The second-order valence-corrected chi connectivity index (χ2v) is 7.19.